The number of carbonyl (C=O) groups is 1. The molecule has 0 radical (unpaired) electrons. The first kappa shape index (κ1) is 13.6. The molecule has 1 aromatic carbocycles. The van der Waals surface area contributed by atoms with Gasteiger partial charge in [0.1, 0.15) is 5.82 Å². The van der Waals surface area contributed by atoms with E-state index in [4.69, 9.17) is 0 Å². The molecule has 3 rings (SSSR count). The molecular weight excluding hydrogens is 253 g/mol. The number of aryl methyl sites for hydroxylation is 1. The second-order valence-corrected chi connectivity index (χ2v) is 6.22. The minimum Gasteiger partial charge on any atom is -0.335 e. The Bertz CT molecular complexity index is 512. The predicted octanol–water partition coefficient (Wildman–Crippen LogP) is 3.93. The molecule has 1 saturated carbocycles. The van der Waals surface area contributed by atoms with Crippen LogP contribution in [0, 0.1) is 18.7 Å². The number of amides is 1. The minimum atomic E-state index is -0.284. The van der Waals surface area contributed by atoms with Gasteiger partial charge in [0, 0.05) is 18.2 Å². The maximum Gasteiger partial charge on any atom is 0.254 e. The van der Waals surface area contributed by atoms with Gasteiger partial charge in [-0.2, -0.15) is 0 Å². The van der Waals surface area contributed by atoms with E-state index in [2.05, 4.69) is 0 Å². The number of benzene rings is 1. The van der Waals surface area contributed by atoms with Gasteiger partial charge in [-0.25, -0.2) is 4.39 Å². The highest BCUT2D eigenvalue weighted by atomic mass is 19.1. The lowest BCUT2D eigenvalue weighted by atomic mass is 9.78. The zero-order valence-electron chi connectivity index (χ0n) is 12.1. The van der Waals surface area contributed by atoms with Crippen molar-refractivity contribution in [2.45, 2.75) is 51.5 Å². The van der Waals surface area contributed by atoms with E-state index in [-0.39, 0.29) is 11.7 Å². The Morgan fingerprint density at radius 1 is 1.20 bits per heavy atom. The third-order valence-corrected chi connectivity index (χ3v) is 4.92. The molecule has 2 nitrogen and oxygen atoms in total. The van der Waals surface area contributed by atoms with Crippen LogP contribution in [0.4, 0.5) is 4.39 Å². The van der Waals surface area contributed by atoms with Crippen molar-refractivity contribution in [2.75, 3.05) is 6.54 Å². The topological polar surface area (TPSA) is 20.3 Å². The lowest BCUT2D eigenvalue weighted by Gasteiger charge is -2.44. The number of halogens is 1. The fraction of sp³-hybridized carbons (Fsp3) is 0.588. The molecule has 2 fully saturated rings. The van der Waals surface area contributed by atoms with Crippen molar-refractivity contribution in [3.05, 3.63) is 35.1 Å². The summed E-state index contributed by atoms with van der Waals surface area (Å²) in [7, 11) is 0. The van der Waals surface area contributed by atoms with Crippen molar-refractivity contribution in [1.29, 1.82) is 0 Å². The van der Waals surface area contributed by atoms with Gasteiger partial charge in [-0.05, 0) is 56.2 Å². The van der Waals surface area contributed by atoms with Crippen LogP contribution in [0.3, 0.4) is 0 Å². The lowest BCUT2D eigenvalue weighted by molar-refractivity contribution is 0.0390. The number of fused-ring (bicyclic) bond motifs is 1. The van der Waals surface area contributed by atoms with E-state index in [1.54, 1.807) is 19.1 Å². The van der Waals surface area contributed by atoms with Crippen LogP contribution < -0.4 is 0 Å². The molecule has 0 aromatic heterocycles. The lowest BCUT2D eigenvalue weighted by Crippen LogP contribution is -2.49. The highest BCUT2D eigenvalue weighted by Crippen LogP contribution is 2.35. The Kier molecular flexibility index (Phi) is 3.77. The summed E-state index contributed by atoms with van der Waals surface area (Å²) in [6.07, 6.45) is 7.20. The molecule has 0 spiro atoms. The molecule has 1 heterocycles. The van der Waals surface area contributed by atoms with Crippen LogP contribution in [0.5, 0.6) is 0 Å². The molecule has 1 aliphatic carbocycles. The van der Waals surface area contributed by atoms with Crippen LogP contribution in [0.2, 0.25) is 0 Å². The van der Waals surface area contributed by atoms with Crippen LogP contribution in [0.25, 0.3) is 0 Å². The normalized spacial score (nSPS) is 26.2. The number of nitrogens with zero attached hydrogens (tertiary/aromatic N) is 1. The van der Waals surface area contributed by atoms with E-state index >= 15 is 0 Å². The maximum absolute atomic E-state index is 13.7. The van der Waals surface area contributed by atoms with Gasteiger partial charge in [0.25, 0.3) is 5.91 Å². The Labute approximate surface area is 120 Å². The Balaban J connectivity index is 1.83. The van der Waals surface area contributed by atoms with E-state index in [0.717, 1.165) is 19.4 Å². The van der Waals surface area contributed by atoms with Crippen molar-refractivity contribution >= 4 is 5.91 Å². The fourth-order valence-corrected chi connectivity index (χ4v) is 3.77. The molecule has 1 aromatic rings. The van der Waals surface area contributed by atoms with Gasteiger partial charge in [-0.15, -0.1) is 0 Å². The summed E-state index contributed by atoms with van der Waals surface area (Å²) in [6, 6.07) is 5.23. The van der Waals surface area contributed by atoms with Gasteiger partial charge in [0.2, 0.25) is 0 Å². The molecule has 0 N–H and O–H groups in total. The number of rotatable bonds is 1. The number of hydrogen-bond acceptors (Lipinski definition) is 1. The standard InChI is InChI=1S/C17H22FNO/c1-12-8-9-14(11-15(12)18)17(20)19-10-4-6-13-5-2-3-7-16(13)19/h8-9,11,13,16H,2-7,10H2,1H3. The molecule has 1 amide bonds. The third-order valence-electron chi connectivity index (χ3n) is 4.92. The maximum atomic E-state index is 13.7. The highest BCUT2D eigenvalue weighted by Gasteiger charge is 2.35. The van der Waals surface area contributed by atoms with Crippen LogP contribution in [0.1, 0.15) is 54.4 Å². The molecule has 1 aliphatic heterocycles. The average molecular weight is 275 g/mol. The molecule has 108 valence electrons. The smallest absolute Gasteiger partial charge is 0.254 e. The van der Waals surface area contributed by atoms with Gasteiger partial charge in [-0.3, -0.25) is 4.79 Å². The molecule has 0 bridgehead atoms. The molecule has 2 unspecified atom stereocenters. The van der Waals surface area contributed by atoms with E-state index in [0.29, 0.717) is 23.1 Å². The Morgan fingerprint density at radius 3 is 2.75 bits per heavy atom. The molecular formula is C17H22FNO. The second kappa shape index (κ2) is 5.55. The number of likely N-dealkylation sites (tertiary alicyclic amines) is 1. The second-order valence-electron chi connectivity index (χ2n) is 6.22. The summed E-state index contributed by atoms with van der Waals surface area (Å²) < 4.78 is 13.7. The van der Waals surface area contributed by atoms with Gasteiger partial charge < -0.3 is 4.90 Å². The summed E-state index contributed by atoms with van der Waals surface area (Å²) in [4.78, 5) is 14.7. The largest absolute Gasteiger partial charge is 0.335 e. The van der Waals surface area contributed by atoms with Gasteiger partial charge in [0.05, 0.1) is 0 Å². The van der Waals surface area contributed by atoms with E-state index in [9.17, 15) is 9.18 Å². The van der Waals surface area contributed by atoms with Gasteiger partial charge in [0.15, 0.2) is 0 Å². The molecule has 20 heavy (non-hydrogen) atoms. The SMILES string of the molecule is Cc1ccc(C(=O)N2CCCC3CCCCC32)cc1F. The summed E-state index contributed by atoms with van der Waals surface area (Å²) in [5.74, 6) is 0.394. The Hall–Kier alpha value is -1.38. The Morgan fingerprint density at radius 2 is 1.95 bits per heavy atom. The third kappa shape index (κ3) is 2.46. The number of carbonyl (C=O) groups excluding carboxylic acids is 1. The van der Waals surface area contributed by atoms with Crippen LogP contribution >= 0.6 is 0 Å². The van der Waals surface area contributed by atoms with Gasteiger partial charge >= 0.3 is 0 Å². The summed E-state index contributed by atoms with van der Waals surface area (Å²) in [6.45, 7) is 2.55. The van der Waals surface area contributed by atoms with E-state index in [1.165, 1.54) is 31.7 Å². The van der Waals surface area contributed by atoms with Gasteiger partial charge in [-0.1, -0.05) is 18.9 Å². The number of hydrogen-bond donors (Lipinski definition) is 0. The van der Waals surface area contributed by atoms with Crippen molar-refractivity contribution in [3.63, 3.8) is 0 Å². The minimum absolute atomic E-state index is 0.0144. The van der Waals surface area contributed by atoms with Crippen molar-refractivity contribution < 1.29 is 9.18 Å². The van der Waals surface area contributed by atoms with Crippen molar-refractivity contribution in [2.24, 2.45) is 5.92 Å². The van der Waals surface area contributed by atoms with E-state index < -0.39 is 0 Å². The summed E-state index contributed by atoms with van der Waals surface area (Å²) in [5, 5.41) is 0. The van der Waals surface area contributed by atoms with Crippen molar-refractivity contribution in [3.8, 4) is 0 Å². The number of piperidine rings is 1. The first-order valence-electron chi connectivity index (χ1n) is 7.74. The van der Waals surface area contributed by atoms with E-state index in [1.807, 2.05) is 4.90 Å². The highest BCUT2D eigenvalue weighted by molar-refractivity contribution is 5.94. The van der Waals surface area contributed by atoms with Crippen LogP contribution in [0.15, 0.2) is 18.2 Å². The first-order chi connectivity index (χ1) is 9.66. The average Bonchev–Trinajstić information content (AvgIpc) is 2.49. The quantitative estimate of drug-likeness (QED) is 0.760. The molecule has 2 aliphatic rings. The molecule has 1 saturated heterocycles. The molecule has 3 heteroatoms. The first-order valence-corrected chi connectivity index (χ1v) is 7.74. The zero-order chi connectivity index (χ0) is 14.1. The zero-order valence-corrected chi connectivity index (χ0v) is 12.1. The van der Waals surface area contributed by atoms with Crippen molar-refractivity contribution in [1.82, 2.24) is 4.90 Å². The summed E-state index contributed by atoms with van der Waals surface area (Å²) >= 11 is 0. The monoisotopic (exact) mass is 275 g/mol. The molecule has 2 atom stereocenters. The fourth-order valence-electron chi connectivity index (χ4n) is 3.77. The predicted molar refractivity (Wildman–Crippen MR) is 77.2 cm³/mol. The van der Waals surface area contributed by atoms with Crippen LogP contribution in [-0.2, 0) is 0 Å². The van der Waals surface area contributed by atoms with Crippen LogP contribution in [-0.4, -0.2) is 23.4 Å². The summed E-state index contributed by atoms with van der Waals surface area (Å²) in [5.41, 5.74) is 1.09.